The monoisotopic (exact) mass is 416 g/mol. The zero-order valence-electron chi connectivity index (χ0n) is 14.8. The van der Waals surface area contributed by atoms with E-state index in [-0.39, 0.29) is 11.3 Å². The van der Waals surface area contributed by atoms with Crippen LogP contribution >= 0.6 is 23.1 Å². The second-order valence-corrected chi connectivity index (χ2v) is 8.39. The number of amides is 2. The lowest BCUT2D eigenvalue weighted by Gasteiger charge is -2.11. The maximum Gasteiger partial charge on any atom is 0.272 e. The molecule has 1 aromatic carbocycles. The minimum atomic E-state index is -0.701. The summed E-state index contributed by atoms with van der Waals surface area (Å²) in [5.74, 6) is -1.67. The van der Waals surface area contributed by atoms with Crippen molar-refractivity contribution in [3.63, 3.8) is 0 Å². The number of fused-ring (bicyclic) bond motifs is 3. The number of benzene rings is 1. The molecule has 0 radical (unpaired) electrons. The molecule has 0 bridgehead atoms. The Labute approximate surface area is 168 Å². The number of nitrogens with zero attached hydrogens (tertiary/aromatic N) is 2. The zero-order chi connectivity index (χ0) is 19.5. The molecule has 0 spiro atoms. The van der Waals surface area contributed by atoms with E-state index >= 15 is 0 Å². The summed E-state index contributed by atoms with van der Waals surface area (Å²) < 4.78 is 13.6. The predicted molar refractivity (Wildman–Crippen MR) is 107 cm³/mol. The maximum atomic E-state index is 13.6. The molecule has 28 heavy (non-hydrogen) atoms. The Morgan fingerprint density at radius 3 is 2.82 bits per heavy atom. The largest absolute Gasteiger partial charge is 0.272 e. The smallest absolute Gasteiger partial charge is 0.272 e. The molecule has 0 fully saturated rings. The third-order valence-electron chi connectivity index (χ3n) is 4.49. The average Bonchev–Trinajstić information content (AvgIpc) is 3.10. The number of carbonyl (C=O) groups excluding carboxylic acids is 2. The molecule has 4 rings (SSSR count). The Bertz CT molecular complexity index is 1050. The molecule has 9 heteroatoms. The molecule has 2 amide bonds. The van der Waals surface area contributed by atoms with Crippen molar-refractivity contribution >= 4 is 45.1 Å². The molecular formula is C19H17FN4O2S2. The molecule has 2 aromatic heterocycles. The van der Waals surface area contributed by atoms with Crippen LogP contribution < -0.4 is 10.9 Å². The summed E-state index contributed by atoms with van der Waals surface area (Å²) >= 11 is 3.01. The quantitative estimate of drug-likeness (QED) is 0.387. The number of carbonyl (C=O) groups is 2. The molecular weight excluding hydrogens is 399 g/mol. The van der Waals surface area contributed by atoms with E-state index < -0.39 is 17.6 Å². The molecule has 0 atom stereocenters. The fraction of sp³-hybridized carbons (Fsp3) is 0.263. The molecule has 0 unspecified atom stereocenters. The Kier molecular flexibility index (Phi) is 5.54. The summed E-state index contributed by atoms with van der Waals surface area (Å²) in [5.41, 5.74) is 5.73. The molecule has 3 aromatic rings. The molecule has 1 aliphatic rings. The van der Waals surface area contributed by atoms with E-state index in [9.17, 15) is 14.0 Å². The van der Waals surface area contributed by atoms with Gasteiger partial charge in [-0.2, -0.15) is 0 Å². The van der Waals surface area contributed by atoms with Gasteiger partial charge in [0.25, 0.3) is 5.91 Å². The molecule has 2 heterocycles. The first-order chi connectivity index (χ1) is 13.6. The number of hydrogen-bond donors (Lipinski definition) is 2. The molecule has 6 nitrogen and oxygen atoms in total. The van der Waals surface area contributed by atoms with Crippen LogP contribution in [0.5, 0.6) is 0 Å². The SMILES string of the molecule is O=C(CSc1ncnc2sc3c(c12)CCCC3)NNC(=O)c1ccccc1F. The van der Waals surface area contributed by atoms with Crippen LogP contribution in [0.25, 0.3) is 10.2 Å². The molecule has 0 aliphatic heterocycles. The Balaban J connectivity index is 1.39. The highest BCUT2D eigenvalue weighted by Gasteiger charge is 2.20. The standard InChI is InChI=1S/C19H17FN4O2S2/c20-13-7-3-1-5-11(13)17(26)24-23-15(25)9-27-18-16-12-6-2-4-8-14(12)28-19(16)22-10-21-18/h1,3,5,7,10H,2,4,6,8-9H2,(H,23,25)(H,24,26). The number of hydrazine groups is 1. The lowest BCUT2D eigenvalue weighted by molar-refractivity contribution is -0.119. The fourth-order valence-corrected chi connectivity index (χ4v) is 5.30. The fourth-order valence-electron chi connectivity index (χ4n) is 3.18. The van der Waals surface area contributed by atoms with E-state index in [1.807, 2.05) is 0 Å². The molecule has 144 valence electrons. The van der Waals surface area contributed by atoms with Gasteiger partial charge in [-0.25, -0.2) is 14.4 Å². The van der Waals surface area contributed by atoms with Gasteiger partial charge < -0.3 is 0 Å². The van der Waals surface area contributed by atoms with Crippen molar-refractivity contribution in [1.29, 1.82) is 0 Å². The van der Waals surface area contributed by atoms with Crippen LogP contribution in [0.4, 0.5) is 4.39 Å². The van der Waals surface area contributed by atoms with Crippen molar-refractivity contribution in [2.24, 2.45) is 0 Å². The highest BCUT2D eigenvalue weighted by atomic mass is 32.2. The minimum Gasteiger partial charge on any atom is -0.272 e. The lowest BCUT2D eigenvalue weighted by atomic mass is 9.97. The summed E-state index contributed by atoms with van der Waals surface area (Å²) in [6.45, 7) is 0. The highest BCUT2D eigenvalue weighted by molar-refractivity contribution is 8.00. The van der Waals surface area contributed by atoms with Gasteiger partial charge in [-0.3, -0.25) is 20.4 Å². The topological polar surface area (TPSA) is 84.0 Å². The first kappa shape index (κ1) is 18.8. The van der Waals surface area contributed by atoms with Crippen LogP contribution in [0.3, 0.4) is 0 Å². The van der Waals surface area contributed by atoms with Gasteiger partial charge >= 0.3 is 0 Å². The van der Waals surface area contributed by atoms with Gasteiger partial charge in [0.15, 0.2) is 0 Å². The van der Waals surface area contributed by atoms with Crippen LogP contribution in [0.15, 0.2) is 35.6 Å². The van der Waals surface area contributed by atoms with Gasteiger partial charge in [-0.05, 0) is 43.4 Å². The molecule has 1 aliphatic carbocycles. The van der Waals surface area contributed by atoms with E-state index in [4.69, 9.17) is 0 Å². The molecule has 0 saturated heterocycles. The van der Waals surface area contributed by atoms with Crippen molar-refractivity contribution in [3.05, 3.63) is 52.4 Å². The third-order valence-corrected chi connectivity index (χ3v) is 6.68. The highest BCUT2D eigenvalue weighted by Crippen LogP contribution is 2.39. The van der Waals surface area contributed by atoms with Crippen LogP contribution in [-0.2, 0) is 17.6 Å². The lowest BCUT2D eigenvalue weighted by Crippen LogP contribution is -2.42. The normalized spacial score (nSPS) is 13.2. The van der Waals surface area contributed by atoms with Crippen LogP contribution in [0.1, 0.15) is 33.6 Å². The van der Waals surface area contributed by atoms with E-state index in [1.54, 1.807) is 17.4 Å². The van der Waals surface area contributed by atoms with Crippen LogP contribution in [0, 0.1) is 5.82 Å². The number of hydrogen-bond acceptors (Lipinski definition) is 6. The average molecular weight is 417 g/mol. The number of aromatic nitrogens is 2. The van der Waals surface area contributed by atoms with Crippen LogP contribution in [0.2, 0.25) is 0 Å². The van der Waals surface area contributed by atoms with Gasteiger partial charge in [-0.15, -0.1) is 11.3 Å². The Morgan fingerprint density at radius 2 is 1.96 bits per heavy atom. The minimum absolute atomic E-state index is 0.0777. The number of halogens is 1. The van der Waals surface area contributed by atoms with E-state index in [0.29, 0.717) is 0 Å². The maximum absolute atomic E-state index is 13.6. The van der Waals surface area contributed by atoms with Crippen molar-refractivity contribution in [1.82, 2.24) is 20.8 Å². The summed E-state index contributed by atoms with van der Waals surface area (Å²) in [6, 6.07) is 5.59. The van der Waals surface area contributed by atoms with Crippen molar-refractivity contribution < 1.29 is 14.0 Å². The summed E-state index contributed by atoms with van der Waals surface area (Å²) in [6.07, 6.45) is 5.95. The Morgan fingerprint density at radius 1 is 1.14 bits per heavy atom. The Hall–Kier alpha value is -2.52. The number of nitrogens with one attached hydrogen (secondary N) is 2. The number of thioether (sulfide) groups is 1. The third kappa shape index (κ3) is 3.85. The number of aryl methyl sites for hydroxylation is 2. The number of rotatable bonds is 4. The molecule has 2 N–H and O–H groups in total. The van der Waals surface area contributed by atoms with E-state index in [0.717, 1.165) is 34.5 Å². The second-order valence-electron chi connectivity index (χ2n) is 6.34. The first-order valence-corrected chi connectivity index (χ1v) is 10.7. The summed E-state index contributed by atoms with van der Waals surface area (Å²) in [4.78, 5) is 35.1. The zero-order valence-corrected chi connectivity index (χ0v) is 16.5. The van der Waals surface area contributed by atoms with Gasteiger partial charge in [0.05, 0.1) is 11.3 Å². The van der Waals surface area contributed by atoms with Crippen molar-refractivity contribution in [2.75, 3.05) is 5.75 Å². The summed E-state index contributed by atoms with van der Waals surface area (Å²) in [7, 11) is 0. The van der Waals surface area contributed by atoms with Gasteiger partial charge in [0, 0.05) is 10.3 Å². The summed E-state index contributed by atoms with van der Waals surface area (Å²) in [5, 5.41) is 1.83. The number of thiophene rings is 1. The second kappa shape index (κ2) is 8.24. The van der Waals surface area contributed by atoms with Gasteiger partial charge in [-0.1, -0.05) is 23.9 Å². The van der Waals surface area contributed by atoms with Crippen molar-refractivity contribution in [3.8, 4) is 0 Å². The predicted octanol–water partition coefficient (Wildman–Crippen LogP) is 3.26. The van der Waals surface area contributed by atoms with E-state index in [1.165, 1.54) is 53.1 Å². The van der Waals surface area contributed by atoms with Gasteiger partial charge in [0.1, 0.15) is 22.0 Å². The van der Waals surface area contributed by atoms with E-state index in [2.05, 4.69) is 20.8 Å². The van der Waals surface area contributed by atoms with Crippen molar-refractivity contribution in [2.45, 2.75) is 30.7 Å². The van der Waals surface area contributed by atoms with Gasteiger partial charge in [0.2, 0.25) is 5.91 Å². The molecule has 0 saturated carbocycles. The first-order valence-electron chi connectivity index (χ1n) is 8.85. The van der Waals surface area contributed by atoms with Crippen LogP contribution in [-0.4, -0.2) is 27.5 Å².